The van der Waals surface area contributed by atoms with Crippen LogP contribution in [0, 0.1) is 5.41 Å². The van der Waals surface area contributed by atoms with Crippen molar-refractivity contribution in [2.45, 2.75) is 81.4 Å². The standard InChI is InChI=1S/C25H33F5N4O3/c1-36-20-14-37-7-4-19(20)32-15-2-5-24(10-15,11-22(26)27)23(35)34-13-17-8-18(34)12-33(17)16-3-6-31-21(9-16)25(28,29)30/h3,6,9,15,17-20,22,32H,2,4-5,7-8,10-14H2,1H3/t15-,17+,18+,19+,20-,24+/m1/s1/i1D. The van der Waals surface area contributed by atoms with Crippen LogP contribution in [0.25, 0.3) is 0 Å². The van der Waals surface area contributed by atoms with Crippen molar-refractivity contribution in [1.82, 2.24) is 15.2 Å². The van der Waals surface area contributed by atoms with E-state index in [2.05, 4.69) is 10.3 Å². The summed E-state index contributed by atoms with van der Waals surface area (Å²) in [7, 11) is -0.198. The number of aromatic nitrogens is 1. The number of anilines is 1. The summed E-state index contributed by atoms with van der Waals surface area (Å²) in [6.45, 7) is 1.56. The molecule has 206 valence electrons. The first kappa shape index (κ1) is 25.2. The molecule has 1 aromatic heterocycles. The van der Waals surface area contributed by atoms with Crippen LogP contribution >= 0.6 is 0 Å². The largest absolute Gasteiger partial charge is 0.433 e. The maximum Gasteiger partial charge on any atom is 0.433 e. The van der Waals surface area contributed by atoms with Gasteiger partial charge in [0.15, 0.2) is 0 Å². The highest BCUT2D eigenvalue weighted by molar-refractivity contribution is 5.84. The van der Waals surface area contributed by atoms with Crippen LogP contribution in [0.2, 0.25) is 0 Å². The van der Waals surface area contributed by atoms with Crippen LogP contribution in [0.15, 0.2) is 18.3 Å². The maximum absolute atomic E-state index is 13.8. The number of carbonyl (C=O) groups is 1. The molecule has 0 unspecified atom stereocenters. The average molecular weight is 534 g/mol. The second-order valence-electron chi connectivity index (χ2n) is 10.7. The Bertz CT molecular complexity index is 1000. The fourth-order valence-corrected chi connectivity index (χ4v) is 6.69. The number of piperazine rings is 1. The van der Waals surface area contributed by atoms with Crippen LogP contribution in [0.1, 0.15) is 45.6 Å². The van der Waals surface area contributed by atoms with Gasteiger partial charge in [-0.1, -0.05) is 0 Å². The topological polar surface area (TPSA) is 66.9 Å². The van der Waals surface area contributed by atoms with E-state index in [-0.39, 0.29) is 49.7 Å². The number of likely N-dealkylation sites (tertiary alicyclic amines) is 1. The molecule has 1 N–H and O–H groups in total. The number of nitrogens with zero attached hydrogens (tertiary/aromatic N) is 3. The second kappa shape index (κ2) is 10.3. The van der Waals surface area contributed by atoms with Gasteiger partial charge in [-0.2, -0.15) is 13.2 Å². The van der Waals surface area contributed by atoms with E-state index in [9.17, 15) is 26.7 Å². The van der Waals surface area contributed by atoms with Crippen molar-refractivity contribution >= 4 is 11.6 Å². The fraction of sp³-hybridized carbons (Fsp3) is 0.760. The van der Waals surface area contributed by atoms with Gasteiger partial charge in [0, 0.05) is 63.2 Å². The number of nitrogens with one attached hydrogen (secondary N) is 1. The van der Waals surface area contributed by atoms with E-state index < -0.39 is 30.1 Å². The minimum atomic E-state index is -4.55. The minimum absolute atomic E-state index is 0.0742. The summed E-state index contributed by atoms with van der Waals surface area (Å²) in [5.74, 6) is -0.272. The maximum atomic E-state index is 13.8. The van der Waals surface area contributed by atoms with Crippen molar-refractivity contribution in [3.8, 4) is 0 Å². The Morgan fingerprint density at radius 3 is 2.89 bits per heavy atom. The van der Waals surface area contributed by atoms with E-state index in [1.807, 2.05) is 4.90 Å². The summed E-state index contributed by atoms with van der Waals surface area (Å²) in [5, 5.41) is 3.50. The molecule has 0 spiro atoms. The molecule has 3 saturated heterocycles. The molecule has 4 fully saturated rings. The first-order valence-corrected chi connectivity index (χ1v) is 12.7. The van der Waals surface area contributed by atoms with Gasteiger partial charge in [0.25, 0.3) is 0 Å². The Balaban J connectivity index is 1.26. The Hall–Kier alpha value is -2.05. The molecule has 1 aromatic rings. The van der Waals surface area contributed by atoms with Gasteiger partial charge in [-0.3, -0.25) is 9.78 Å². The molecule has 37 heavy (non-hydrogen) atoms. The molecule has 1 aliphatic carbocycles. The van der Waals surface area contributed by atoms with Crippen LogP contribution in [-0.4, -0.2) is 85.9 Å². The average Bonchev–Trinajstić information content (AvgIpc) is 3.59. The summed E-state index contributed by atoms with van der Waals surface area (Å²) < 4.78 is 85.3. The molecule has 12 heteroatoms. The highest BCUT2D eigenvalue weighted by Crippen LogP contribution is 2.47. The fourth-order valence-electron chi connectivity index (χ4n) is 6.69. The molecule has 4 aliphatic rings. The number of methoxy groups -OCH3 is 1. The third-order valence-corrected chi connectivity index (χ3v) is 8.44. The number of carbonyl (C=O) groups excluding carboxylic acids is 1. The summed E-state index contributed by atoms with van der Waals surface area (Å²) in [6.07, 6.45) is -4.38. The van der Waals surface area contributed by atoms with Crippen molar-refractivity contribution in [2.75, 3.05) is 38.3 Å². The van der Waals surface area contributed by atoms with Crippen molar-refractivity contribution in [3.05, 3.63) is 24.0 Å². The summed E-state index contributed by atoms with van der Waals surface area (Å²) >= 11 is 0. The van der Waals surface area contributed by atoms with Gasteiger partial charge in [-0.05, 0) is 44.2 Å². The third-order valence-electron chi connectivity index (χ3n) is 8.44. The summed E-state index contributed by atoms with van der Waals surface area (Å²) in [6, 6.07) is 1.94. The number of pyridine rings is 1. The SMILES string of the molecule is [2H]CO[C@@H]1COCC[C@@H]1N[C@@H]1CC[C@](CC(F)F)(C(=O)N2C[C@@H]3C[C@H]2CN3c2ccnc(C(F)(F)F)c2)C1. The zero-order valence-electron chi connectivity index (χ0n) is 21.4. The molecule has 0 aromatic carbocycles. The van der Waals surface area contributed by atoms with Crippen molar-refractivity contribution in [1.29, 1.82) is 0 Å². The van der Waals surface area contributed by atoms with Crippen molar-refractivity contribution < 1.29 is 37.6 Å². The summed E-state index contributed by atoms with van der Waals surface area (Å²) in [4.78, 5) is 20.8. The molecular formula is C25H33F5N4O3. The molecular weight excluding hydrogens is 499 g/mol. The molecule has 1 saturated carbocycles. The molecule has 4 heterocycles. The van der Waals surface area contributed by atoms with Crippen molar-refractivity contribution in [3.63, 3.8) is 0 Å². The predicted octanol–water partition coefficient (Wildman–Crippen LogP) is 3.48. The molecule has 1 amide bonds. The number of fused-ring (bicyclic) bond motifs is 2. The Morgan fingerprint density at radius 1 is 1.35 bits per heavy atom. The molecule has 7 nitrogen and oxygen atoms in total. The number of hydrogen-bond acceptors (Lipinski definition) is 6. The highest BCUT2D eigenvalue weighted by Gasteiger charge is 2.54. The van der Waals surface area contributed by atoms with E-state index in [0.717, 1.165) is 12.3 Å². The van der Waals surface area contributed by atoms with E-state index in [0.29, 0.717) is 57.7 Å². The summed E-state index contributed by atoms with van der Waals surface area (Å²) in [5.41, 5.74) is -1.75. The monoisotopic (exact) mass is 533 g/mol. The van der Waals surface area contributed by atoms with E-state index in [1.165, 1.54) is 6.07 Å². The van der Waals surface area contributed by atoms with Gasteiger partial charge in [0.2, 0.25) is 12.3 Å². The number of hydrogen-bond donors (Lipinski definition) is 1. The zero-order valence-corrected chi connectivity index (χ0v) is 20.4. The van der Waals surface area contributed by atoms with Crippen LogP contribution in [-0.2, 0) is 20.4 Å². The van der Waals surface area contributed by atoms with Gasteiger partial charge in [-0.15, -0.1) is 0 Å². The van der Waals surface area contributed by atoms with Crippen LogP contribution < -0.4 is 10.2 Å². The smallest absolute Gasteiger partial charge is 0.379 e. The Kier molecular flexibility index (Phi) is 7.00. The minimum Gasteiger partial charge on any atom is -0.379 e. The molecule has 6 atom stereocenters. The second-order valence-corrected chi connectivity index (χ2v) is 10.7. The van der Waals surface area contributed by atoms with E-state index in [1.54, 1.807) is 4.90 Å². The number of alkyl halides is 5. The van der Waals surface area contributed by atoms with Gasteiger partial charge in [-0.25, -0.2) is 8.78 Å². The van der Waals surface area contributed by atoms with Crippen LogP contribution in [0.4, 0.5) is 27.6 Å². The van der Waals surface area contributed by atoms with E-state index >= 15 is 0 Å². The molecule has 2 bridgehead atoms. The zero-order chi connectivity index (χ0) is 27.1. The first-order chi connectivity index (χ1) is 18.1. The van der Waals surface area contributed by atoms with E-state index in [4.69, 9.17) is 10.8 Å². The van der Waals surface area contributed by atoms with Crippen LogP contribution in [0.5, 0.6) is 0 Å². The lowest BCUT2D eigenvalue weighted by atomic mass is 9.80. The number of halogens is 5. The molecule has 5 rings (SSSR count). The number of amides is 1. The normalized spacial score (nSPS) is 34.4. The van der Waals surface area contributed by atoms with Gasteiger partial charge in [0.1, 0.15) is 5.69 Å². The lowest BCUT2D eigenvalue weighted by molar-refractivity contribution is -0.146. The van der Waals surface area contributed by atoms with Crippen molar-refractivity contribution in [2.24, 2.45) is 5.41 Å². The molecule has 3 aliphatic heterocycles. The quantitative estimate of drug-likeness (QED) is 0.542. The van der Waals surface area contributed by atoms with Gasteiger partial charge in [0.05, 0.1) is 25.5 Å². The van der Waals surface area contributed by atoms with Gasteiger partial charge < -0.3 is 24.6 Å². The predicted molar refractivity (Wildman–Crippen MR) is 124 cm³/mol. The number of ether oxygens (including phenoxy) is 2. The van der Waals surface area contributed by atoms with Gasteiger partial charge >= 0.3 is 6.18 Å². The Morgan fingerprint density at radius 2 is 2.19 bits per heavy atom. The number of rotatable bonds is 7. The van der Waals surface area contributed by atoms with Crippen LogP contribution in [0.3, 0.4) is 0 Å². The lowest BCUT2D eigenvalue weighted by Crippen LogP contribution is -2.54. The first-order valence-electron chi connectivity index (χ1n) is 13.4. The third kappa shape index (κ3) is 5.29. The Labute approximate surface area is 214 Å². The highest BCUT2D eigenvalue weighted by atomic mass is 19.4. The molecule has 0 radical (unpaired) electrons. The lowest BCUT2D eigenvalue weighted by Gasteiger charge is -2.40.